The van der Waals surface area contributed by atoms with E-state index < -0.39 is 17.7 Å². The van der Waals surface area contributed by atoms with E-state index >= 15 is 0 Å². The minimum atomic E-state index is -1.25. The molecule has 0 fully saturated rings. The average molecular weight is 475 g/mol. The number of rotatable bonds is 5. The maximum absolute atomic E-state index is 13.2. The molecule has 29 heavy (non-hydrogen) atoms. The standard InChI is InChI=1S/C19H11Cl3FNO4S/c1-28-16-14(21)10(6-12(20)15(16)22)17(25)24-18-13(19(26)27)11(7-29-18)8-2-4-9(23)5-3-8/h2-7H,1H3,(H,24,25)(H,26,27). The van der Waals surface area contributed by atoms with Crippen LogP contribution < -0.4 is 10.1 Å². The molecule has 2 aromatic carbocycles. The number of hydrogen-bond donors (Lipinski definition) is 2. The molecular formula is C19H11Cl3FNO4S. The number of amides is 1. The Morgan fingerprint density at radius 3 is 2.38 bits per heavy atom. The van der Waals surface area contributed by atoms with E-state index in [1.54, 1.807) is 5.38 Å². The molecule has 10 heteroatoms. The van der Waals surface area contributed by atoms with Crippen molar-refractivity contribution < 1.29 is 23.8 Å². The fourth-order valence-electron chi connectivity index (χ4n) is 2.60. The highest BCUT2D eigenvalue weighted by Gasteiger charge is 2.24. The van der Waals surface area contributed by atoms with Gasteiger partial charge in [0.05, 0.1) is 22.7 Å². The molecular weight excluding hydrogens is 464 g/mol. The van der Waals surface area contributed by atoms with E-state index in [9.17, 15) is 19.1 Å². The third-order valence-electron chi connectivity index (χ3n) is 3.95. The van der Waals surface area contributed by atoms with E-state index in [4.69, 9.17) is 39.5 Å². The van der Waals surface area contributed by atoms with E-state index in [0.717, 1.165) is 11.3 Å². The van der Waals surface area contributed by atoms with Crippen LogP contribution in [0.15, 0.2) is 35.7 Å². The van der Waals surface area contributed by atoms with Gasteiger partial charge in [0.1, 0.15) is 21.4 Å². The van der Waals surface area contributed by atoms with Gasteiger partial charge in [0.25, 0.3) is 5.91 Å². The van der Waals surface area contributed by atoms with Gasteiger partial charge in [-0.1, -0.05) is 46.9 Å². The van der Waals surface area contributed by atoms with Crippen molar-refractivity contribution in [1.29, 1.82) is 0 Å². The smallest absolute Gasteiger partial charge is 0.339 e. The van der Waals surface area contributed by atoms with E-state index in [-0.39, 0.29) is 36.9 Å². The fourth-order valence-corrected chi connectivity index (χ4v) is 4.34. The van der Waals surface area contributed by atoms with Crippen molar-refractivity contribution in [3.63, 3.8) is 0 Å². The Bertz CT molecular complexity index is 1120. The van der Waals surface area contributed by atoms with Crippen LogP contribution >= 0.6 is 46.1 Å². The quantitative estimate of drug-likeness (QED) is 0.415. The Labute approximate surface area is 183 Å². The lowest BCUT2D eigenvalue weighted by Crippen LogP contribution is -2.14. The van der Waals surface area contributed by atoms with Gasteiger partial charge in [0, 0.05) is 10.9 Å². The second-order valence-corrected chi connectivity index (χ2v) is 7.73. The van der Waals surface area contributed by atoms with Crippen LogP contribution in [0.5, 0.6) is 5.75 Å². The lowest BCUT2D eigenvalue weighted by molar-refractivity contribution is 0.0699. The second-order valence-electron chi connectivity index (χ2n) is 5.69. The highest BCUT2D eigenvalue weighted by Crippen LogP contribution is 2.41. The van der Waals surface area contributed by atoms with Crippen LogP contribution in [0, 0.1) is 5.82 Å². The van der Waals surface area contributed by atoms with Crippen molar-refractivity contribution in [1.82, 2.24) is 0 Å². The molecule has 0 aliphatic heterocycles. The normalized spacial score (nSPS) is 10.7. The molecule has 1 heterocycles. The van der Waals surface area contributed by atoms with Gasteiger partial charge in [-0.25, -0.2) is 9.18 Å². The maximum atomic E-state index is 13.2. The van der Waals surface area contributed by atoms with Crippen molar-refractivity contribution in [3.05, 3.63) is 67.7 Å². The molecule has 0 aliphatic rings. The second kappa shape index (κ2) is 8.59. The highest BCUT2D eigenvalue weighted by atomic mass is 35.5. The van der Waals surface area contributed by atoms with Crippen molar-refractivity contribution >= 4 is 63.0 Å². The maximum Gasteiger partial charge on any atom is 0.339 e. The number of thiophene rings is 1. The summed E-state index contributed by atoms with van der Waals surface area (Å²) in [7, 11) is 1.32. The molecule has 0 radical (unpaired) electrons. The summed E-state index contributed by atoms with van der Waals surface area (Å²) in [5, 5.41) is 13.9. The van der Waals surface area contributed by atoms with Crippen LogP contribution in [-0.4, -0.2) is 24.1 Å². The van der Waals surface area contributed by atoms with Gasteiger partial charge < -0.3 is 15.2 Å². The predicted octanol–water partition coefficient (Wildman–Crippen LogP) is 6.47. The molecule has 0 spiro atoms. The van der Waals surface area contributed by atoms with Crippen molar-refractivity contribution in [3.8, 4) is 16.9 Å². The first kappa shape index (κ1) is 21.4. The highest BCUT2D eigenvalue weighted by molar-refractivity contribution is 7.15. The summed E-state index contributed by atoms with van der Waals surface area (Å²) in [5.41, 5.74) is 0.675. The zero-order valence-electron chi connectivity index (χ0n) is 14.6. The summed E-state index contributed by atoms with van der Waals surface area (Å²) in [6, 6.07) is 6.61. The summed E-state index contributed by atoms with van der Waals surface area (Å²) in [4.78, 5) is 24.6. The average Bonchev–Trinajstić information content (AvgIpc) is 3.09. The molecule has 0 saturated heterocycles. The molecule has 0 atom stereocenters. The number of benzene rings is 2. The number of aromatic carboxylic acids is 1. The predicted molar refractivity (Wildman–Crippen MR) is 113 cm³/mol. The van der Waals surface area contributed by atoms with Crippen LogP contribution in [0.3, 0.4) is 0 Å². The summed E-state index contributed by atoms with van der Waals surface area (Å²) < 4.78 is 18.3. The monoisotopic (exact) mass is 473 g/mol. The topological polar surface area (TPSA) is 75.6 Å². The Balaban J connectivity index is 2.01. The van der Waals surface area contributed by atoms with Gasteiger partial charge in [-0.05, 0) is 23.8 Å². The van der Waals surface area contributed by atoms with Gasteiger partial charge in [-0.3, -0.25) is 4.79 Å². The SMILES string of the molecule is COc1c(Cl)c(Cl)cc(C(=O)Nc2scc(-c3ccc(F)cc3)c2C(=O)O)c1Cl. The van der Waals surface area contributed by atoms with Crippen molar-refractivity contribution in [2.24, 2.45) is 0 Å². The Morgan fingerprint density at radius 1 is 1.14 bits per heavy atom. The minimum absolute atomic E-state index is 0.0302. The summed E-state index contributed by atoms with van der Waals surface area (Å²) in [6.45, 7) is 0. The van der Waals surface area contributed by atoms with E-state index in [2.05, 4.69) is 5.32 Å². The van der Waals surface area contributed by atoms with Gasteiger partial charge in [0.2, 0.25) is 0 Å². The number of carbonyl (C=O) groups excluding carboxylic acids is 1. The molecule has 1 aromatic heterocycles. The van der Waals surface area contributed by atoms with Gasteiger partial charge >= 0.3 is 5.97 Å². The Kier molecular flexibility index (Phi) is 6.33. The van der Waals surface area contributed by atoms with Crippen molar-refractivity contribution in [2.45, 2.75) is 0 Å². The first-order valence-corrected chi connectivity index (χ1v) is 9.89. The third-order valence-corrected chi connectivity index (χ3v) is 5.99. The van der Waals surface area contributed by atoms with E-state index in [0.29, 0.717) is 11.1 Å². The molecule has 0 bridgehead atoms. The fraction of sp³-hybridized carbons (Fsp3) is 0.0526. The van der Waals surface area contributed by atoms with E-state index in [1.807, 2.05) is 0 Å². The first-order chi connectivity index (χ1) is 13.7. The largest absolute Gasteiger partial charge is 0.494 e. The lowest BCUT2D eigenvalue weighted by Gasteiger charge is -2.12. The number of nitrogens with one attached hydrogen (secondary N) is 1. The minimum Gasteiger partial charge on any atom is -0.494 e. The molecule has 2 N–H and O–H groups in total. The van der Waals surface area contributed by atoms with Crippen LogP contribution in [0.4, 0.5) is 9.39 Å². The molecule has 1 amide bonds. The van der Waals surface area contributed by atoms with Crippen molar-refractivity contribution in [2.75, 3.05) is 12.4 Å². The van der Waals surface area contributed by atoms with Gasteiger partial charge in [-0.15, -0.1) is 11.3 Å². The third kappa shape index (κ3) is 4.18. The van der Waals surface area contributed by atoms with Crippen LogP contribution in [-0.2, 0) is 0 Å². The number of carbonyl (C=O) groups is 2. The number of carboxylic acid groups (broad SMARTS) is 1. The number of ether oxygens (including phenoxy) is 1. The number of halogens is 4. The molecule has 0 unspecified atom stereocenters. The molecule has 0 saturated carbocycles. The Hall–Kier alpha value is -2.32. The zero-order valence-corrected chi connectivity index (χ0v) is 17.6. The van der Waals surface area contributed by atoms with E-state index in [1.165, 1.54) is 37.4 Å². The Morgan fingerprint density at radius 2 is 1.79 bits per heavy atom. The summed E-state index contributed by atoms with van der Waals surface area (Å²) in [5.74, 6) is -2.36. The number of hydrogen-bond acceptors (Lipinski definition) is 4. The van der Waals surface area contributed by atoms with Gasteiger partial charge in [0.15, 0.2) is 5.75 Å². The summed E-state index contributed by atoms with van der Waals surface area (Å²) >= 11 is 19.2. The van der Waals surface area contributed by atoms with Crippen LogP contribution in [0.25, 0.3) is 11.1 Å². The van der Waals surface area contributed by atoms with Crippen LogP contribution in [0.2, 0.25) is 15.1 Å². The zero-order chi connectivity index (χ0) is 21.3. The number of anilines is 1. The molecule has 150 valence electrons. The van der Waals surface area contributed by atoms with Crippen LogP contribution in [0.1, 0.15) is 20.7 Å². The number of carboxylic acids is 1. The molecule has 3 rings (SSSR count). The molecule has 0 aliphatic carbocycles. The molecule has 5 nitrogen and oxygen atoms in total. The molecule has 3 aromatic rings. The first-order valence-electron chi connectivity index (χ1n) is 7.88. The lowest BCUT2D eigenvalue weighted by atomic mass is 10.0. The van der Waals surface area contributed by atoms with Gasteiger partial charge in [-0.2, -0.15) is 0 Å². The summed E-state index contributed by atoms with van der Waals surface area (Å²) in [6.07, 6.45) is 0. The number of methoxy groups -OCH3 is 1.